The van der Waals surface area contributed by atoms with Gasteiger partial charge in [0.25, 0.3) is 5.56 Å². The molecule has 0 unspecified atom stereocenters. The molecule has 0 aliphatic carbocycles. The van der Waals surface area contributed by atoms with Crippen molar-refractivity contribution in [3.05, 3.63) is 45.1 Å². The van der Waals surface area contributed by atoms with Gasteiger partial charge in [0.2, 0.25) is 0 Å². The van der Waals surface area contributed by atoms with Gasteiger partial charge in [-0.3, -0.25) is 14.3 Å². The first-order valence-electron chi connectivity index (χ1n) is 4.45. The molecular formula is C10H10N2O2S. The van der Waals surface area contributed by atoms with Crippen molar-refractivity contribution < 1.29 is 0 Å². The number of aromatic nitrogens is 2. The van der Waals surface area contributed by atoms with Crippen molar-refractivity contribution in [2.45, 2.75) is 5.88 Å². The van der Waals surface area contributed by atoms with Crippen molar-refractivity contribution in [2.75, 3.05) is 6.26 Å². The van der Waals surface area contributed by atoms with Crippen molar-refractivity contribution >= 4 is 22.7 Å². The van der Waals surface area contributed by atoms with Gasteiger partial charge in [-0.05, 0) is 18.4 Å². The molecule has 0 aliphatic rings. The summed E-state index contributed by atoms with van der Waals surface area (Å²) >= 11 is 1.53. The summed E-state index contributed by atoms with van der Waals surface area (Å²) in [5.74, 6) is 0.538. The molecule has 0 saturated heterocycles. The first-order valence-corrected chi connectivity index (χ1v) is 5.84. The second kappa shape index (κ2) is 3.94. The van der Waals surface area contributed by atoms with Crippen LogP contribution in [-0.4, -0.2) is 15.8 Å². The Balaban J connectivity index is 2.90. The molecule has 0 atom stereocenters. The third-order valence-corrected chi connectivity index (χ3v) is 2.68. The summed E-state index contributed by atoms with van der Waals surface area (Å²) in [5, 5.41) is 0.547. The average molecular weight is 222 g/mol. The van der Waals surface area contributed by atoms with Gasteiger partial charge in [-0.1, -0.05) is 12.1 Å². The van der Waals surface area contributed by atoms with Crippen LogP contribution in [0.25, 0.3) is 10.9 Å². The van der Waals surface area contributed by atoms with Gasteiger partial charge < -0.3 is 0 Å². The minimum absolute atomic E-state index is 0.326. The Morgan fingerprint density at radius 2 is 2.07 bits per heavy atom. The number of fused-ring (bicyclic) bond motifs is 1. The number of nitrogens with zero attached hydrogens (tertiary/aromatic N) is 1. The number of nitrogens with one attached hydrogen (secondary N) is 1. The Morgan fingerprint density at radius 3 is 2.80 bits per heavy atom. The van der Waals surface area contributed by atoms with Crippen molar-refractivity contribution in [3.63, 3.8) is 0 Å². The van der Waals surface area contributed by atoms with E-state index < -0.39 is 0 Å². The van der Waals surface area contributed by atoms with E-state index in [1.54, 1.807) is 22.8 Å². The van der Waals surface area contributed by atoms with Gasteiger partial charge in [0.05, 0.1) is 16.8 Å². The highest BCUT2D eigenvalue weighted by molar-refractivity contribution is 7.97. The molecule has 4 nitrogen and oxygen atoms in total. The first kappa shape index (κ1) is 10.0. The van der Waals surface area contributed by atoms with Crippen LogP contribution in [0.2, 0.25) is 0 Å². The molecule has 78 valence electrons. The van der Waals surface area contributed by atoms with Crippen LogP contribution in [0.3, 0.4) is 0 Å². The summed E-state index contributed by atoms with van der Waals surface area (Å²) in [7, 11) is 0. The zero-order chi connectivity index (χ0) is 10.8. The van der Waals surface area contributed by atoms with Gasteiger partial charge in [-0.25, -0.2) is 4.79 Å². The predicted molar refractivity (Wildman–Crippen MR) is 62.3 cm³/mol. The zero-order valence-electron chi connectivity index (χ0n) is 8.19. The molecule has 1 aromatic carbocycles. The molecule has 5 heteroatoms. The van der Waals surface area contributed by atoms with E-state index in [4.69, 9.17) is 0 Å². The van der Waals surface area contributed by atoms with Gasteiger partial charge in [0, 0.05) is 0 Å². The van der Waals surface area contributed by atoms with Gasteiger partial charge in [-0.2, -0.15) is 0 Å². The molecule has 0 amide bonds. The summed E-state index contributed by atoms with van der Waals surface area (Å²) in [6.07, 6.45) is 1.91. The number of H-pyrrole nitrogens is 1. The molecule has 1 N–H and O–H groups in total. The van der Waals surface area contributed by atoms with Crippen LogP contribution in [0.5, 0.6) is 0 Å². The maximum Gasteiger partial charge on any atom is 0.329 e. The van der Waals surface area contributed by atoms with Crippen LogP contribution in [0.15, 0.2) is 33.9 Å². The number of thioether (sulfide) groups is 1. The number of aromatic amines is 1. The molecule has 0 radical (unpaired) electrons. The highest BCUT2D eigenvalue weighted by Crippen LogP contribution is 2.08. The van der Waals surface area contributed by atoms with E-state index in [1.165, 1.54) is 11.8 Å². The van der Waals surface area contributed by atoms with Gasteiger partial charge in [0.1, 0.15) is 0 Å². The van der Waals surface area contributed by atoms with E-state index in [0.29, 0.717) is 16.8 Å². The molecule has 1 aromatic heterocycles. The van der Waals surface area contributed by atoms with Crippen LogP contribution in [0.1, 0.15) is 0 Å². The van der Waals surface area contributed by atoms with Crippen LogP contribution in [-0.2, 0) is 5.88 Å². The number of hydrogen-bond acceptors (Lipinski definition) is 3. The lowest BCUT2D eigenvalue weighted by Crippen LogP contribution is -2.29. The maximum atomic E-state index is 11.5. The van der Waals surface area contributed by atoms with E-state index in [2.05, 4.69) is 4.98 Å². The largest absolute Gasteiger partial charge is 0.329 e. The van der Waals surface area contributed by atoms with Crippen molar-refractivity contribution in [1.29, 1.82) is 0 Å². The van der Waals surface area contributed by atoms with Crippen LogP contribution >= 0.6 is 11.8 Å². The summed E-state index contributed by atoms with van der Waals surface area (Å²) < 4.78 is 1.56. The molecule has 1 heterocycles. The lowest BCUT2D eigenvalue weighted by Gasteiger charge is -2.06. The first-order chi connectivity index (χ1) is 7.24. The fourth-order valence-electron chi connectivity index (χ4n) is 1.50. The topological polar surface area (TPSA) is 54.9 Å². The summed E-state index contributed by atoms with van der Waals surface area (Å²) in [4.78, 5) is 25.3. The predicted octanol–water partition coefficient (Wildman–Crippen LogP) is 1.01. The Bertz CT molecular complexity index is 600. The fourth-order valence-corrected chi connectivity index (χ4v) is 2.01. The molecule has 15 heavy (non-hydrogen) atoms. The molecule has 0 aliphatic heterocycles. The Kier molecular flexibility index (Phi) is 2.64. The van der Waals surface area contributed by atoms with Gasteiger partial charge in [0.15, 0.2) is 0 Å². The molecular weight excluding hydrogens is 212 g/mol. The number of para-hydroxylation sites is 1. The smallest absolute Gasteiger partial charge is 0.284 e. The minimum atomic E-state index is -0.354. The van der Waals surface area contributed by atoms with Crippen molar-refractivity contribution in [3.8, 4) is 0 Å². The highest BCUT2D eigenvalue weighted by atomic mass is 32.2. The van der Waals surface area contributed by atoms with E-state index >= 15 is 0 Å². The standard InChI is InChI=1S/C10H10N2O2S/c1-15-6-12-8-5-3-2-4-7(8)9(13)11-10(12)14/h2-5H,6H2,1H3,(H,11,13,14). The fraction of sp³-hybridized carbons (Fsp3) is 0.200. The van der Waals surface area contributed by atoms with Crippen molar-refractivity contribution in [2.24, 2.45) is 0 Å². The SMILES string of the molecule is CSCn1c(=O)[nH]c(=O)c2ccccc21. The van der Waals surface area contributed by atoms with Crippen molar-refractivity contribution in [1.82, 2.24) is 9.55 Å². The molecule has 2 rings (SSSR count). The molecule has 0 saturated carbocycles. The molecule has 0 bridgehead atoms. The van der Waals surface area contributed by atoms with E-state index in [0.717, 1.165) is 0 Å². The number of hydrogen-bond donors (Lipinski definition) is 1. The third kappa shape index (κ3) is 1.70. The van der Waals surface area contributed by atoms with Gasteiger partial charge >= 0.3 is 5.69 Å². The van der Waals surface area contributed by atoms with E-state index in [1.807, 2.05) is 12.3 Å². The zero-order valence-corrected chi connectivity index (χ0v) is 9.00. The normalized spacial score (nSPS) is 10.7. The number of rotatable bonds is 2. The minimum Gasteiger partial charge on any atom is -0.284 e. The summed E-state index contributed by atoms with van der Waals surface area (Å²) in [5.41, 5.74) is 0.00148. The lowest BCUT2D eigenvalue weighted by molar-refractivity contribution is 0.827. The summed E-state index contributed by atoms with van der Waals surface area (Å²) in [6, 6.07) is 7.09. The lowest BCUT2D eigenvalue weighted by atomic mass is 10.2. The Hall–Kier alpha value is -1.49. The molecule has 0 fully saturated rings. The van der Waals surface area contributed by atoms with Crippen LogP contribution in [0.4, 0.5) is 0 Å². The Labute approximate surface area is 89.9 Å². The van der Waals surface area contributed by atoms with Crippen LogP contribution < -0.4 is 11.2 Å². The second-order valence-electron chi connectivity index (χ2n) is 3.12. The monoisotopic (exact) mass is 222 g/mol. The van der Waals surface area contributed by atoms with Crippen LogP contribution in [0, 0.1) is 0 Å². The van der Waals surface area contributed by atoms with E-state index in [-0.39, 0.29) is 11.2 Å². The highest BCUT2D eigenvalue weighted by Gasteiger charge is 2.04. The average Bonchev–Trinajstić information content (AvgIpc) is 2.24. The molecule has 0 spiro atoms. The van der Waals surface area contributed by atoms with Gasteiger partial charge in [-0.15, -0.1) is 11.8 Å². The summed E-state index contributed by atoms with van der Waals surface area (Å²) in [6.45, 7) is 0. The van der Waals surface area contributed by atoms with E-state index in [9.17, 15) is 9.59 Å². The molecule has 2 aromatic rings. The quantitative estimate of drug-likeness (QED) is 0.825. The number of benzene rings is 1. The second-order valence-corrected chi connectivity index (χ2v) is 3.96. The third-order valence-electron chi connectivity index (χ3n) is 2.16. The maximum absolute atomic E-state index is 11.5. The Morgan fingerprint density at radius 1 is 1.33 bits per heavy atom.